The van der Waals surface area contributed by atoms with Gasteiger partial charge >= 0.3 is 0 Å². The molecule has 0 radical (unpaired) electrons. The number of alkyl halides is 1. The number of nitrogens with zero attached hydrogens (tertiary/aromatic N) is 3. The van der Waals surface area contributed by atoms with E-state index in [1.807, 2.05) is 42.5 Å². The Hall–Kier alpha value is -2.24. The van der Waals surface area contributed by atoms with Crippen LogP contribution in [-0.4, -0.2) is 48.9 Å². The zero-order valence-electron chi connectivity index (χ0n) is 16.5. The predicted molar refractivity (Wildman–Crippen MR) is 116 cm³/mol. The molecule has 0 spiro atoms. The number of halogens is 1. The minimum absolute atomic E-state index is 0.542. The molecule has 2 aliphatic rings. The van der Waals surface area contributed by atoms with Gasteiger partial charge in [0, 0.05) is 44.0 Å². The van der Waals surface area contributed by atoms with Gasteiger partial charge in [0.2, 0.25) is 0 Å². The largest absolute Gasteiger partial charge is 0.493 e. The van der Waals surface area contributed by atoms with E-state index in [9.17, 15) is 0 Å². The molecule has 1 aromatic heterocycles. The molecular weight excluding hydrogens is 386 g/mol. The molecule has 29 heavy (non-hydrogen) atoms. The van der Waals surface area contributed by atoms with E-state index in [4.69, 9.17) is 20.9 Å². The summed E-state index contributed by atoms with van der Waals surface area (Å²) in [5, 5.41) is 5.47. The highest BCUT2D eigenvalue weighted by atomic mass is 35.5. The smallest absolute Gasteiger partial charge is 0.180 e. The fraction of sp³-hybridized carbons (Fsp3) is 0.435. The molecule has 5 rings (SSSR count). The molecule has 3 heterocycles. The molecule has 2 saturated heterocycles. The van der Waals surface area contributed by atoms with E-state index in [1.54, 1.807) is 0 Å². The van der Waals surface area contributed by atoms with Crippen LogP contribution in [0.2, 0.25) is 0 Å². The second-order valence-corrected chi connectivity index (χ2v) is 8.40. The van der Waals surface area contributed by atoms with E-state index in [0.717, 1.165) is 60.9 Å². The topological polar surface area (TPSA) is 41.7 Å². The van der Waals surface area contributed by atoms with Crippen LogP contribution in [0.5, 0.6) is 5.75 Å². The lowest BCUT2D eigenvalue weighted by atomic mass is 9.91. The number of ether oxygens (including phenoxy) is 1. The lowest BCUT2D eigenvalue weighted by Gasteiger charge is -2.46. The molecule has 0 amide bonds. The number of hydrogen-bond donors (Lipinski definition) is 0. The third kappa shape index (κ3) is 3.94. The van der Waals surface area contributed by atoms with Gasteiger partial charge in [0.05, 0.1) is 12.0 Å². The summed E-state index contributed by atoms with van der Waals surface area (Å²) in [6, 6.07) is 16.8. The maximum atomic E-state index is 6.05. The van der Waals surface area contributed by atoms with Gasteiger partial charge in [0.1, 0.15) is 5.75 Å². The minimum Gasteiger partial charge on any atom is -0.493 e. The number of piperidine rings is 1. The van der Waals surface area contributed by atoms with Crippen molar-refractivity contribution < 1.29 is 9.26 Å². The molecule has 2 fully saturated rings. The Labute approximate surface area is 176 Å². The number of aromatic nitrogens is 1. The third-order valence-electron chi connectivity index (χ3n) is 6.23. The van der Waals surface area contributed by atoms with Gasteiger partial charge in [-0.25, -0.2) is 0 Å². The van der Waals surface area contributed by atoms with Crippen molar-refractivity contribution in [3.05, 3.63) is 54.1 Å². The monoisotopic (exact) mass is 411 g/mol. The van der Waals surface area contributed by atoms with Crippen molar-refractivity contribution in [2.45, 2.75) is 24.8 Å². The van der Waals surface area contributed by atoms with Crippen LogP contribution in [-0.2, 0) is 5.88 Å². The lowest BCUT2D eigenvalue weighted by Crippen LogP contribution is -2.57. The quantitative estimate of drug-likeness (QED) is 0.576. The first-order valence-corrected chi connectivity index (χ1v) is 10.9. The Morgan fingerprint density at radius 1 is 1.03 bits per heavy atom. The van der Waals surface area contributed by atoms with Crippen LogP contribution in [0.15, 0.2) is 53.1 Å². The summed E-state index contributed by atoms with van der Waals surface area (Å²) in [7, 11) is 0. The summed E-state index contributed by atoms with van der Waals surface area (Å²) < 4.78 is 11.6. The van der Waals surface area contributed by atoms with E-state index in [2.05, 4.69) is 21.0 Å². The summed E-state index contributed by atoms with van der Waals surface area (Å²) in [6.07, 6.45) is 2.40. The molecule has 2 atom stereocenters. The summed E-state index contributed by atoms with van der Waals surface area (Å²) >= 11 is 5.86. The maximum Gasteiger partial charge on any atom is 0.180 e. The molecule has 152 valence electrons. The lowest BCUT2D eigenvalue weighted by molar-refractivity contribution is 0.0727. The van der Waals surface area contributed by atoms with Crippen LogP contribution >= 0.6 is 11.6 Å². The number of anilines is 1. The fourth-order valence-electron chi connectivity index (χ4n) is 4.58. The van der Waals surface area contributed by atoms with Gasteiger partial charge < -0.3 is 14.2 Å². The van der Waals surface area contributed by atoms with Crippen molar-refractivity contribution in [1.29, 1.82) is 0 Å². The van der Waals surface area contributed by atoms with Crippen molar-refractivity contribution in [2.75, 3.05) is 37.7 Å². The average Bonchev–Trinajstić information content (AvgIpc) is 3.22. The van der Waals surface area contributed by atoms with Crippen LogP contribution in [0, 0.1) is 5.92 Å². The molecule has 0 bridgehead atoms. The van der Waals surface area contributed by atoms with Crippen LogP contribution in [0.1, 0.15) is 18.4 Å². The number of para-hydroxylation sites is 1. The van der Waals surface area contributed by atoms with Gasteiger partial charge in [0.15, 0.2) is 11.4 Å². The standard InChI is InChI=1S/C23H26ClN3O2/c24-13-17-6-9-20(10-7-17)28-16-18-5-8-19-15-27(12-11-26(19)14-18)23-21-3-1-2-4-22(21)29-25-23/h1-4,6-7,9-10,18-19H,5,8,11-16H2/t18-,19-/m1/s1. The van der Waals surface area contributed by atoms with E-state index in [-0.39, 0.29) is 0 Å². The first kappa shape index (κ1) is 18.8. The Morgan fingerprint density at radius 2 is 1.90 bits per heavy atom. The number of benzene rings is 2. The van der Waals surface area contributed by atoms with Crippen molar-refractivity contribution in [3.63, 3.8) is 0 Å². The molecule has 0 N–H and O–H groups in total. The minimum atomic E-state index is 0.542. The van der Waals surface area contributed by atoms with Gasteiger partial charge in [-0.15, -0.1) is 11.6 Å². The Morgan fingerprint density at radius 3 is 2.76 bits per heavy atom. The van der Waals surface area contributed by atoms with Crippen molar-refractivity contribution in [2.24, 2.45) is 5.92 Å². The van der Waals surface area contributed by atoms with Crippen LogP contribution < -0.4 is 9.64 Å². The zero-order valence-corrected chi connectivity index (χ0v) is 17.2. The number of hydrogen-bond acceptors (Lipinski definition) is 5. The highest BCUT2D eigenvalue weighted by molar-refractivity contribution is 6.17. The molecule has 2 aliphatic heterocycles. The number of piperazine rings is 1. The van der Waals surface area contributed by atoms with Crippen molar-refractivity contribution in [3.8, 4) is 5.75 Å². The molecule has 0 aliphatic carbocycles. The second-order valence-electron chi connectivity index (χ2n) is 8.13. The third-order valence-corrected chi connectivity index (χ3v) is 6.54. The summed E-state index contributed by atoms with van der Waals surface area (Å²) in [4.78, 5) is 5.02. The fourth-order valence-corrected chi connectivity index (χ4v) is 4.75. The first-order valence-electron chi connectivity index (χ1n) is 10.4. The highest BCUT2D eigenvalue weighted by Crippen LogP contribution is 2.31. The van der Waals surface area contributed by atoms with Gasteiger partial charge in [-0.2, -0.15) is 0 Å². The molecule has 5 nitrogen and oxygen atoms in total. The van der Waals surface area contributed by atoms with Crippen LogP contribution in [0.25, 0.3) is 11.0 Å². The van der Waals surface area contributed by atoms with E-state index in [0.29, 0.717) is 17.8 Å². The van der Waals surface area contributed by atoms with Gasteiger partial charge in [0.25, 0.3) is 0 Å². The zero-order chi connectivity index (χ0) is 19.6. The number of fused-ring (bicyclic) bond motifs is 2. The Kier molecular flexibility index (Phi) is 5.34. The van der Waals surface area contributed by atoms with Crippen LogP contribution in [0.4, 0.5) is 5.82 Å². The maximum absolute atomic E-state index is 6.05. The normalized spacial score (nSPS) is 22.6. The van der Waals surface area contributed by atoms with Gasteiger partial charge in [-0.05, 0) is 42.7 Å². The number of rotatable bonds is 5. The summed E-state index contributed by atoms with van der Waals surface area (Å²) in [5.41, 5.74) is 1.99. The molecule has 3 aromatic rings. The van der Waals surface area contributed by atoms with Crippen molar-refractivity contribution in [1.82, 2.24) is 10.1 Å². The highest BCUT2D eigenvalue weighted by Gasteiger charge is 2.34. The second kappa shape index (κ2) is 8.25. The van der Waals surface area contributed by atoms with E-state index >= 15 is 0 Å². The SMILES string of the molecule is ClCc1ccc(OC[C@@H]2CC[C@@H]3CN(c4noc5ccccc45)CCN3C2)cc1. The Bertz CT molecular complexity index is 958. The molecule has 6 heteroatoms. The van der Waals surface area contributed by atoms with Gasteiger partial charge in [-0.1, -0.05) is 29.4 Å². The average molecular weight is 412 g/mol. The van der Waals surface area contributed by atoms with E-state index in [1.165, 1.54) is 12.8 Å². The molecular formula is C23H26ClN3O2. The predicted octanol–water partition coefficient (Wildman–Crippen LogP) is 4.55. The van der Waals surface area contributed by atoms with Crippen molar-refractivity contribution >= 4 is 28.4 Å². The first-order chi connectivity index (χ1) is 14.3. The summed E-state index contributed by atoms with van der Waals surface area (Å²) in [6.45, 7) is 4.95. The summed E-state index contributed by atoms with van der Waals surface area (Å²) in [5.74, 6) is 3.05. The molecule has 0 saturated carbocycles. The molecule has 2 aromatic carbocycles. The van der Waals surface area contributed by atoms with Crippen LogP contribution in [0.3, 0.4) is 0 Å². The Balaban J connectivity index is 1.17. The molecule has 0 unspecified atom stereocenters. The van der Waals surface area contributed by atoms with E-state index < -0.39 is 0 Å². The van der Waals surface area contributed by atoms with Gasteiger partial charge in [-0.3, -0.25) is 4.90 Å².